The lowest BCUT2D eigenvalue weighted by Gasteiger charge is -2.13. The van der Waals surface area contributed by atoms with Gasteiger partial charge in [0.1, 0.15) is 17.4 Å². The standard InChI is InChI=1S/C24H16Br2N4O6/c1-13-4-3-5-20(14(13)2)28-24(31)16(12-27)8-15-9-17(25)10-19(26)23(15)36-22-7-6-18(29(32)33)11-21(22)30(34)35/h3-11H,1-2H3,(H,28,31)/b16-8+. The summed E-state index contributed by atoms with van der Waals surface area (Å²) in [4.78, 5) is 33.9. The van der Waals surface area contributed by atoms with Crippen LogP contribution in [0.3, 0.4) is 0 Å². The normalized spacial score (nSPS) is 10.9. The van der Waals surface area contributed by atoms with E-state index in [0.29, 0.717) is 14.6 Å². The lowest BCUT2D eigenvalue weighted by Crippen LogP contribution is -2.14. The number of nitrogens with zero attached hydrogens (tertiary/aromatic N) is 3. The van der Waals surface area contributed by atoms with Crippen molar-refractivity contribution >= 4 is 60.9 Å². The molecule has 0 unspecified atom stereocenters. The highest BCUT2D eigenvalue weighted by Gasteiger charge is 2.23. The molecule has 36 heavy (non-hydrogen) atoms. The highest BCUT2D eigenvalue weighted by Crippen LogP contribution is 2.41. The van der Waals surface area contributed by atoms with Crippen LogP contribution in [0.15, 0.2) is 63.0 Å². The van der Waals surface area contributed by atoms with E-state index in [1.165, 1.54) is 6.08 Å². The van der Waals surface area contributed by atoms with Crippen LogP contribution in [-0.4, -0.2) is 15.8 Å². The van der Waals surface area contributed by atoms with Crippen LogP contribution in [0, 0.1) is 45.4 Å². The van der Waals surface area contributed by atoms with Crippen molar-refractivity contribution in [1.82, 2.24) is 0 Å². The predicted octanol–water partition coefficient (Wildman–Crippen LogP) is 6.98. The number of benzene rings is 3. The van der Waals surface area contributed by atoms with E-state index in [0.717, 1.165) is 29.3 Å². The second-order valence-electron chi connectivity index (χ2n) is 7.45. The third-order valence-corrected chi connectivity index (χ3v) is 6.16. The van der Waals surface area contributed by atoms with Gasteiger partial charge >= 0.3 is 5.69 Å². The average molecular weight is 616 g/mol. The van der Waals surface area contributed by atoms with Gasteiger partial charge < -0.3 is 10.1 Å². The number of carbonyl (C=O) groups excluding carboxylic acids is 1. The topological polar surface area (TPSA) is 148 Å². The number of nitro benzene ring substituents is 2. The van der Waals surface area contributed by atoms with E-state index in [-0.39, 0.29) is 22.6 Å². The van der Waals surface area contributed by atoms with E-state index in [1.54, 1.807) is 24.3 Å². The summed E-state index contributed by atoms with van der Waals surface area (Å²) in [7, 11) is 0. The summed E-state index contributed by atoms with van der Waals surface area (Å²) >= 11 is 6.66. The Morgan fingerprint density at radius 2 is 1.81 bits per heavy atom. The number of rotatable bonds is 7. The van der Waals surface area contributed by atoms with E-state index in [2.05, 4.69) is 37.2 Å². The van der Waals surface area contributed by atoms with Gasteiger partial charge in [-0.25, -0.2) is 0 Å². The first-order chi connectivity index (χ1) is 17.0. The number of hydrogen-bond acceptors (Lipinski definition) is 7. The number of nitriles is 1. The maximum atomic E-state index is 12.9. The summed E-state index contributed by atoms with van der Waals surface area (Å²) < 4.78 is 6.70. The summed E-state index contributed by atoms with van der Waals surface area (Å²) in [5, 5.41) is 35.0. The Hall–Kier alpha value is -4.08. The van der Waals surface area contributed by atoms with Crippen molar-refractivity contribution in [1.29, 1.82) is 5.26 Å². The Bertz CT molecular complexity index is 1480. The summed E-state index contributed by atoms with van der Waals surface area (Å²) in [5.41, 5.74) is 1.27. The number of non-ortho nitro benzene ring substituents is 1. The SMILES string of the molecule is Cc1cccc(NC(=O)/C(C#N)=C/c2cc(Br)cc(Br)c2Oc2ccc([N+](=O)[O-])cc2[N+](=O)[O-])c1C. The van der Waals surface area contributed by atoms with Crippen LogP contribution in [0.5, 0.6) is 11.5 Å². The average Bonchev–Trinajstić information content (AvgIpc) is 2.82. The fourth-order valence-electron chi connectivity index (χ4n) is 3.13. The van der Waals surface area contributed by atoms with E-state index < -0.39 is 27.1 Å². The van der Waals surface area contributed by atoms with E-state index in [9.17, 15) is 30.3 Å². The molecular formula is C24H16Br2N4O6. The predicted molar refractivity (Wildman–Crippen MR) is 140 cm³/mol. The third kappa shape index (κ3) is 5.94. The number of carbonyl (C=O) groups is 1. The van der Waals surface area contributed by atoms with Crippen LogP contribution in [0.4, 0.5) is 17.1 Å². The van der Waals surface area contributed by atoms with Crippen molar-refractivity contribution in [3.8, 4) is 17.6 Å². The largest absolute Gasteiger partial charge is 0.448 e. The molecule has 0 fully saturated rings. The van der Waals surface area contributed by atoms with Crippen molar-refractivity contribution in [2.75, 3.05) is 5.32 Å². The van der Waals surface area contributed by atoms with Gasteiger partial charge in [0, 0.05) is 21.8 Å². The first-order valence-corrected chi connectivity index (χ1v) is 11.7. The van der Waals surface area contributed by atoms with Gasteiger partial charge in [0.25, 0.3) is 11.6 Å². The number of ether oxygens (including phenoxy) is 1. The van der Waals surface area contributed by atoms with E-state index in [4.69, 9.17) is 4.74 Å². The van der Waals surface area contributed by atoms with Crippen LogP contribution in [0.25, 0.3) is 6.08 Å². The molecule has 1 N–H and O–H groups in total. The van der Waals surface area contributed by atoms with Gasteiger partial charge in [-0.1, -0.05) is 28.1 Å². The second-order valence-corrected chi connectivity index (χ2v) is 9.22. The molecule has 3 aromatic rings. The minimum Gasteiger partial charge on any atom is -0.448 e. The zero-order chi connectivity index (χ0) is 26.6. The number of nitro groups is 2. The highest BCUT2D eigenvalue weighted by molar-refractivity contribution is 9.11. The molecule has 0 saturated heterocycles. The number of amides is 1. The first kappa shape index (κ1) is 26.5. The van der Waals surface area contributed by atoms with Gasteiger partial charge in [-0.15, -0.1) is 0 Å². The Labute approximate surface area is 221 Å². The number of hydrogen-bond donors (Lipinski definition) is 1. The smallest absolute Gasteiger partial charge is 0.318 e. The van der Waals surface area contributed by atoms with Crippen LogP contribution >= 0.6 is 31.9 Å². The Morgan fingerprint density at radius 3 is 2.44 bits per heavy atom. The molecule has 0 atom stereocenters. The summed E-state index contributed by atoms with van der Waals surface area (Å²) in [6.45, 7) is 3.74. The van der Waals surface area contributed by atoms with Crippen LogP contribution in [0.1, 0.15) is 16.7 Å². The molecule has 3 aromatic carbocycles. The lowest BCUT2D eigenvalue weighted by molar-refractivity contribution is -0.394. The minimum absolute atomic E-state index is 0.0578. The summed E-state index contributed by atoms with van der Waals surface area (Å²) in [5.74, 6) is -0.862. The number of nitrogens with one attached hydrogen (secondary N) is 1. The molecule has 0 aliphatic rings. The Kier molecular flexibility index (Phi) is 8.18. The minimum atomic E-state index is -0.803. The fraction of sp³-hybridized carbons (Fsp3) is 0.0833. The molecule has 0 aromatic heterocycles. The fourth-order valence-corrected chi connectivity index (χ4v) is 4.47. The molecule has 3 rings (SSSR count). The van der Waals surface area contributed by atoms with Gasteiger partial charge in [-0.05, 0) is 71.2 Å². The molecule has 0 heterocycles. The molecule has 0 aliphatic heterocycles. The van der Waals surface area contributed by atoms with Gasteiger partial charge in [0.05, 0.1) is 20.4 Å². The molecule has 0 aliphatic carbocycles. The van der Waals surface area contributed by atoms with Gasteiger partial charge in [0.2, 0.25) is 5.75 Å². The van der Waals surface area contributed by atoms with Crippen molar-refractivity contribution < 1.29 is 19.4 Å². The number of anilines is 1. The van der Waals surface area contributed by atoms with Crippen LogP contribution < -0.4 is 10.1 Å². The molecule has 0 radical (unpaired) electrons. The monoisotopic (exact) mass is 614 g/mol. The Morgan fingerprint density at radius 1 is 1.08 bits per heavy atom. The first-order valence-electron chi connectivity index (χ1n) is 10.1. The third-order valence-electron chi connectivity index (χ3n) is 5.12. The molecule has 0 spiro atoms. The van der Waals surface area contributed by atoms with Gasteiger partial charge in [-0.2, -0.15) is 5.26 Å². The summed E-state index contributed by atoms with van der Waals surface area (Å²) in [6.07, 6.45) is 1.28. The molecule has 182 valence electrons. The van der Waals surface area contributed by atoms with Crippen LogP contribution in [0.2, 0.25) is 0 Å². The molecule has 0 bridgehead atoms. The molecule has 12 heteroatoms. The highest BCUT2D eigenvalue weighted by atomic mass is 79.9. The zero-order valence-electron chi connectivity index (χ0n) is 18.7. The second kappa shape index (κ2) is 11.1. The van der Waals surface area contributed by atoms with Gasteiger partial charge in [0.15, 0.2) is 0 Å². The van der Waals surface area contributed by atoms with Gasteiger partial charge in [-0.3, -0.25) is 25.0 Å². The summed E-state index contributed by atoms with van der Waals surface area (Å²) in [6, 6.07) is 13.4. The maximum Gasteiger partial charge on any atom is 0.318 e. The number of aryl methyl sites for hydroxylation is 1. The maximum absolute atomic E-state index is 12.9. The van der Waals surface area contributed by atoms with Crippen LogP contribution in [-0.2, 0) is 4.79 Å². The van der Waals surface area contributed by atoms with Crippen molar-refractivity contribution in [2.24, 2.45) is 0 Å². The van der Waals surface area contributed by atoms with E-state index in [1.807, 2.05) is 26.0 Å². The molecule has 10 nitrogen and oxygen atoms in total. The van der Waals surface area contributed by atoms with E-state index >= 15 is 0 Å². The quantitative estimate of drug-likeness (QED) is 0.130. The zero-order valence-corrected chi connectivity index (χ0v) is 21.9. The van der Waals surface area contributed by atoms with Crippen molar-refractivity contribution in [2.45, 2.75) is 13.8 Å². The Balaban J connectivity index is 2.05. The molecule has 1 amide bonds. The van der Waals surface area contributed by atoms with Crippen molar-refractivity contribution in [3.05, 3.63) is 100.0 Å². The molecular weight excluding hydrogens is 600 g/mol. The lowest BCUT2D eigenvalue weighted by atomic mass is 10.1. The number of halogens is 2. The van der Waals surface area contributed by atoms with Crippen molar-refractivity contribution in [3.63, 3.8) is 0 Å². The molecule has 0 saturated carbocycles.